The largest absolute Gasteiger partial charge is 0.573 e. The molecule has 22 heavy (non-hydrogen) atoms. The summed E-state index contributed by atoms with van der Waals surface area (Å²) in [4.78, 5) is 14.0. The van der Waals surface area contributed by atoms with Crippen molar-refractivity contribution < 1.29 is 27.4 Å². The van der Waals surface area contributed by atoms with Crippen molar-refractivity contribution >= 4 is 5.91 Å². The van der Waals surface area contributed by atoms with Crippen molar-refractivity contribution in [2.24, 2.45) is 0 Å². The van der Waals surface area contributed by atoms with Crippen LogP contribution < -0.4 is 10.1 Å². The zero-order chi connectivity index (χ0) is 16.0. The zero-order valence-electron chi connectivity index (χ0n) is 11.9. The number of hydrogen-bond donors (Lipinski definition) is 1. The van der Waals surface area contributed by atoms with E-state index in [9.17, 15) is 18.0 Å². The van der Waals surface area contributed by atoms with Gasteiger partial charge < -0.3 is 14.8 Å². The molecule has 2 rings (SSSR count). The molecule has 5 nitrogen and oxygen atoms in total. The molecule has 0 atom stereocenters. The molecule has 0 aliphatic carbocycles. The molecule has 1 amide bonds. The van der Waals surface area contributed by atoms with Gasteiger partial charge in [-0.25, -0.2) is 0 Å². The van der Waals surface area contributed by atoms with Crippen LogP contribution in [0.4, 0.5) is 13.2 Å². The van der Waals surface area contributed by atoms with Crippen molar-refractivity contribution in [3.8, 4) is 5.75 Å². The molecule has 1 N–H and O–H groups in total. The molecule has 1 aliphatic rings. The number of ether oxygens (including phenoxy) is 2. The zero-order valence-corrected chi connectivity index (χ0v) is 11.9. The number of morpholine rings is 1. The monoisotopic (exact) mass is 318 g/mol. The van der Waals surface area contributed by atoms with Crippen LogP contribution in [0.3, 0.4) is 0 Å². The second-order valence-corrected chi connectivity index (χ2v) is 4.78. The van der Waals surface area contributed by atoms with Gasteiger partial charge in [0.05, 0.1) is 13.2 Å². The number of alkyl halides is 3. The van der Waals surface area contributed by atoms with Crippen LogP contribution in [-0.2, 0) is 4.74 Å². The van der Waals surface area contributed by atoms with Gasteiger partial charge in [-0.15, -0.1) is 13.2 Å². The van der Waals surface area contributed by atoms with Crippen LogP contribution in [0, 0.1) is 0 Å². The normalized spacial score (nSPS) is 16.3. The van der Waals surface area contributed by atoms with Gasteiger partial charge in [0, 0.05) is 31.7 Å². The number of benzene rings is 1. The number of carbonyl (C=O) groups excluding carboxylic acids is 1. The lowest BCUT2D eigenvalue weighted by Crippen LogP contribution is -2.41. The summed E-state index contributed by atoms with van der Waals surface area (Å²) < 4.78 is 45.1. The standard InChI is InChI=1S/C14H17F3N2O3/c15-14(16,17)22-12-3-1-11(2-4-12)13(20)18-5-6-19-7-9-21-10-8-19/h1-4H,5-10H2,(H,18,20). The Labute approximate surface area is 126 Å². The van der Waals surface area contributed by atoms with Gasteiger partial charge in [0.25, 0.3) is 5.91 Å². The lowest BCUT2D eigenvalue weighted by atomic mass is 10.2. The molecule has 122 valence electrons. The lowest BCUT2D eigenvalue weighted by molar-refractivity contribution is -0.274. The fourth-order valence-electron chi connectivity index (χ4n) is 2.06. The predicted octanol–water partition coefficient (Wildman–Crippen LogP) is 1.65. The topological polar surface area (TPSA) is 50.8 Å². The van der Waals surface area contributed by atoms with E-state index >= 15 is 0 Å². The fraction of sp³-hybridized carbons (Fsp3) is 0.500. The van der Waals surface area contributed by atoms with E-state index in [0.717, 1.165) is 25.2 Å². The lowest BCUT2D eigenvalue weighted by Gasteiger charge is -2.26. The number of nitrogens with zero attached hydrogens (tertiary/aromatic N) is 1. The van der Waals surface area contributed by atoms with Crippen molar-refractivity contribution in [2.75, 3.05) is 39.4 Å². The SMILES string of the molecule is O=C(NCCN1CCOCC1)c1ccc(OC(F)(F)F)cc1. The maximum atomic E-state index is 12.0. The first-order valence-electron chi connectivity index (χ1n) is 6.88. The average molecular weight is 318 g/mol. The molecule has 1 fully saturated rings. The van der Waals surface area contributed by atoms with Crippen molar-refractivity contribution in [3.05, 3.63) is 29.8 Å². The number of nitrogens with one attached hydrogen (secondary N) is 1. The minimum atomic E-state index is -4.73. The molecule has 0 saturated carbocycles. The van der Waals surface area contributed by atoms with Crippen LogP contribution in [-0.4, -0.2) is 56.6 Å². The van der Waals surface area contributed by atoms with Gasteiger partial charge in [-0.3, -0.25) is 9.69 Å². The fourth-order valence-corrected chi connectivity index (χ4v) is 2.06. The van der Waals surface area contributed by atoms with Gasteiger partial charge in [-0.05, 0) is 24.3 Å². The Morgan fingerprint density at radius 1 is 1.23 bits per heavy atom. The molecule has 0 spiro atoms. The van der Waals surface area contributed by atoms with E-state index in [2.05, 4.69) is 15.0 Å². The summed E-state index contributed by atoms with van der Waals surface area (Å²) in [6.07, 6.45) is -4.73. The molecule has 1 aromatic carbocycles. The van der Waals surface area contributed by atoms with Crippen LogP contribution in [0.5, 0.6) is 5.75 Å². The average Bonchev–Trinajstić information content (AvgIpc) is 2.47. The van der Waals surface area contributed by atoms with Crippen LogP contribution in [0.15, 0.2) is 24.3 Å². The van der Waals surface area contributed by atoms with Gasteiger partial charge in [0.15, 0.2) is 0 Å². The van der Waals surface area contributed by atoms with E-state index in [0.29, 0.717) is 26.3 Å². The molecule has 0 unspecified atom stereocenters. The first-order chi connectivity index (χ1) is 10.4. The van der Waals surface area contributed by atoms with Gasteiger partial charge >= 0.3 is 6.36 Å². The molecule has 1 aliphatic heterocycles. The van der Waals surface area contributed by atoms with E-state index < -0.39 is 6.36 Å². The van der Waals surface area contributed by atoms with Crippen molar-refractivity contribution in [1.82, 2.24) is 10.2 Å². The van der Waals surface area contributed by atoms with E-state index in [4.69, 9.17) is 4.74 Å². The Morgan fingerprint density at radius 2 is 1.86 bits per heavy atom. The highest BCUT2D eigenvalue weighted by molar-refractivity contribution is 5.94. The molecular formula is C14H17F3N2O3. The smallest absolute Gasteiger partial charge is 0.406 e. The quantitative estimate of drug-likeness (QED) is 0.897. The third-order valence-corrected chi connectivity index (χ3v) is 3.17. The Morgan fingerprint density at radius 3 is 2.45 bits per heavy atom. The highest BCUT2D eigenvalue weighted by atomic mass is 19.4. The summed E-state index contributed by atoms with van der Waals surface area (Å²) in [5, 5.41) is 2.73. The van der Waals surface area contributed by atoms with E-state index in [-0.39, 0.29) is 17.2 Å². The van der Waals surface area contributed by atoms with Crippen LogP contribution >= 0.6 is 0 Å². The van der Waals surface area contributed by atoms with Gasteiger partial charge in [-0.2, -0.15) is 0 Å². The maximum absolute atomic E-state index is 12.0. The second kappa shape index (κ2) is 7.46. The minimum absolute atomic E-state index is 0.288. The molecular weight excluding hydrogens is 301 g/mol. The predicted molar refractivity (Wildman–Crippen MR) is 72.7 cm³/mol. The van der Waals surface area contributed by atoms with Crippen molar-refractivity contribution in [3.63, 3.8) is 0 Å². The van der Waals surface area contributed by atoms with E-state index in [1.54, 1.807) is 0 Å². The summed E-state index contributed by atoms with van der Waals surface area (Å²) in [6.45, 7) is 4.23. The first kappa shape index (κ1) is 16.6. The maximum Gasteiger partial charge on any atom is 0.573 e. The van der Waals surface area contributed by atoms with Crippen molar-refractivity contribution in [1.29, 1.82) is 0 Å². The van der Waals surface area contributed by atoms with Crippen LogP contribution in [0.25, 0.3) is 0 Å². The molecule has 1 saturated heterocycles. The molecule has 1 aromatic rings. The molecule has 8 heteroatoms. The van der Waals surface area contributed by atoms with Gasteiger partial charge in [0.1, 0.15) is 5.75 Å². The Kier molecular flexibility index (Phi) is 5.62. The summed E-state index contributed by atoms with van der Waals surface area (Å²) in [7, 11) is 0. The molecule has 0 radical (unpaired) electrons. The number of hydrogen-bond acceptors (Lipinski definition) is 4. The summed E-state index contributed by atoms with van der Waals surface area (Å²) in [6, 6.07) is 4.82. The van der Waals surface area contributed by atoms with Crippen LogP contribution in [0.1, 0.15) is 10.4 Å². The number of rotatable bonds is 5. The highest BCUT2D eigenvalue weighted by Crippen LogP contribution is 2.22. The second-order valence-electron chi connectivity index (χ2n) is 4.78. The Bertz CT molecular complexity index is 485. The van der Waals surface area contributed by atoms with Gasteiger partial charge in [0.2, 0.25) is 0 Å². The van der Waals surface area contributed by atoms with E-state index in [1.165, 1.54) is 12.1 Å². The minimum Gasteiger partial charge on any atom is -0.406 e. The highest BCUT2D eigenvalue weighted by Gasteiger charge is 2.31. The van der Waals surface area contributed by atoms with Crippen molar-refractivity contribution in [2.45, 2.75) is 6.36 Å². The summed E-state index contributed by atoms with van der Waals surface area (Å²) in [5.41, 5.74) is 0.288. The Hall–Kier alpha value is -1.80. The van der Waals surface area contributed by atoms with Crippen LogP contribution in [0.2, 0.25) is 0 Å². The third-order valence-electron chi connectivity index (χ3n) is 3.17. The molecule has 0 aromatic heterocycles. The summed E-state index contributed by atoms with van der Waals surface area (Å²) in [5.74, 6) is -0.677. The molecule has 0 bridgehead atoms. The number of halogens is 3. The third kappa shape index (κ3) is 5.53. The Balaban J connectivity index is 1.77. The number of carbonyl (C=O) groups is 1. The number of amides is 1. The van der Waals surface area contributed by atoms with Gasteiger partial charge in [-0.1, -0.05) is 0 Å². The molecule has 1 heterocycles. The first-order valence-corrected chi connectivity index (χ1v) is 6.88. The van der Waals surface area contributed by atoms with E-state index in [1.807, 2.05) is 0 Å². The summed E-state index contributed by atoms with van der Waals surface area (Å²) >= 11 is 0.